The summed E-state index contributed by atoms with van der Waals surface area (Å²) in [6, 6.07) is 15.4. The third-order valence-corrected chi connectivity index (χ3v) is 5.69. The molecule has 0 saturated heterocycles. The summed E-state index contributed by atoms with van der Waals surface area (Å²) in [6.45, 7) is 0. The molecule has 0 fully saturated rings. The van der Waals surface area contributed by atoms with Crippen LogP contribution in [0.5, 0.6) is 0 Å². The zero-order valence-corrected chi connectivity index (χ0v) is 20.0. The number of hydrogen-bond donors (Lipinski definition) is 0. The first-order valence-corrected chi connectivity index (χ1v) is 11.4. The third-order valence-electron chi connectivity index (χ3n) is 5.19. The first-order valence-electron chi connectivity index (χ1n) is 10.6. The molecule has 0 atom stereocenters. The van der Waals surface area contributed by atoms with E-state index in [0.717, 1.165) is 33.8 Å². The zero-order valence-electron chi connectivity index (χ0n) is 18.5. The molecular weight excluding hydrogens is 449 g/mol. The molecule has 1 heterocycles. The largest absolute Gasteiger partial charge is 0.457 e. The van der Waals surface area contributed by atoms with Crippen LogP contribution >= 0.6 is 23.2 Å². The van der Waals surface area contributed by atoms with Crippen LogP contribution in [0.25, 0.3) is 11.3 Å². The van der Waals surface area contributed by atoms with Gasteiger partial charge in [0.15, 0.2) is 5.71 Å². The van der Waals surface area contributed by atoms with Gasteiger partial charge in [-0.1, -0.05) is 53.6 Å². The monoisotopic (exact) mass is 472 g/mol. The summed E-state index contributed by atoms with van der Waals surface area (Å²) in [5.74, 6) is 1.52. The summed E-state index contributed by atoms with van der Waals surface area (Å²) in [6.07, 6.45) is 20.5. The summed E-state index contributed by atoms with van der Waals surface area (Å²) in [7, 11) is 4.07. The number of ether oxygens (including phenoxy) is 1. The number of benzene rings is 2. The minimum absolute atomic E-state index is 0.691. The average molecular weight is 473 g/mol. The molecule has 0 aromatic heterocycles. The molecule has 0 amide bonds. The van der Waals surface area contributed by atoms with Crippen LogP contribution in [0.2, 0.25) is 10.0 Å². The van der Waals surface area contributed by atoms with Crippen molar-refractivity contribution in [2.45, 2.75) is 0 Å². The predicted molar refractivity (Wildman–Crippen MR) is 141 cm³/mol. The van der Waals surface area contributed by atoms with Crippen molar-refractivity contribution in [3.63, 3.8) is 0 Å². The highest BCUT2D eigenvalue weighted by atomic mass is 35.5. The highest BCUT2D eigenvalue weighted by molar-refractivity contribution is 6.30. The van der Waals surface area contributed by atoms with Gasteiger partial charge in [-0.15, -0.1) is 0 Å². The van der Waals surface area contributed by atoms with Crippen molar-refractivity contribution in [2.75, 3.05) is 14.1 Å². The Hall–Kier alpha value is -3.33. The Morgan fingerprint density at radius 2 is 1.27 bits per heavy atom. The van der Waals surface area contributed by atoms with Gasteiger partial charge in [-0.2, -0.15) is 0 Å². The zero-order chi connectivity index (χ0) is 23.2. The molecule has 0 radical (unpaired) electrons. The average Bonchev–Trinajstić information content (AvgIpc) is 2.83. The fourth-order valence-electron chi connectivity index (χ4n) is 3.37. The van der Waals surface area contributed by atoms with Gasteiger partial charge < -0.3 is 4.74 Å². The Balaban J connectivity index is 1.60. The van der Waals surface area contributed by atoms with Gasteiger partial charge in [-0.3, -0.25) is 0 Å². The lowest BCUT2D eigenvalue weighted by Crippen LogP contribution is -2.09. The van der Waals surface area contributed by atoms with Gasteiger partial charge in [-0.25, -0.2) is 4.58 Å². The Morgan fingerprint density at radius 1 is 0.697 bits per heavy atom. The molecule has 2 aromatic rings. The quantitative estimate of drug-likeness (QED) is 0.416. The van der Waals surface area contributed by atoms with Crippen molar-refractivity contribution >= 4 is 40.2 Å². The van der Waals surface area contributed by atoms with Crippen molar-refractivity contribution in [2.24, 2.45) is 0 Å². The normalized spacial score (nSPS) is 16.7. The molecular formula is C29H24Cl2NO+. The predicted octanol–water partition coefficient (Wildman–Crippen LogP) is 7.65. The van der Waals surface area contributed by atoms with Crippen LogP contribution in [0.4, 0.5) is 0 Å². The van der Waals surface area contributed by atoms with Crippen LogP contribution in [-0.4, -0.2) is 24.4 Å². The lowest BCUT2D eigenvalue weighted by atomic mass is 10.0. The number of allylic oxidation sites excluding steroid dienone is 12. The molecule has 1 aliphatic carbocycles. The molecule has 0 bridgehead atoms. The van der Waals surface area contributed by atoms with E-state index in [2.05, 4.69) is 35.0 Å². The van der Waals surface area contributed by atoms with E-state index in [4.69, 9.17) is 27.9 Å². The number of halogens is 2. The molecule has 0 N–H and O–H groups in total. The molecule has 164 valence electrons. The third kappa shape index (κ3) is 6.13. The lowest BCUT2D eigenvalue weighted by Gasteiger charge is -2.18. The first-order chi connectivity index (χ1) is 16.0. The molecule has 33 heavy (non-hydrogen) atoms. The minimum atomic E-state index is 0.691. The van der Waals surface area contributed by atoms with E-state index in [0.29, 0.717) is 10.0 Å². The second kappa shape index (κ2) is 10.5. The van der Waals surface area contributed by atoms with E-state index in [9.17, 15) is 0 Å². The van der Waals surface area contributed by atoms with Gasteiger partial charge in [-0.05, 0) is 83.5 Å². The Bertz CT molecular complexity index is 1260. The van der Waals surface area contributed by atoms with Gasteiger partial charge in [0.05, 0.1) is 0 Å². The molecule has 0 spiro atoms. The molecule has 2 aliphatic rings. The van der Waals surface area contributed by atoms with E-state index < -0.39 is 0 Å². The van der Waals surface area contributed by atoms with Crippen molar-refractivity contribution < 1.29 is 9.31 Å². The second-order valence-electron chi connectivity index (χ2n) is 7.83. The smallest absolute Gasteiger partial charge is 0.199 e. The van der Waals surface area contributed by atoms with Crippen molar-refractivity contribution in [1.82, 2.24) is 0 Å². The number of hydrogen-bond acceptors (Lipinski definition) is 1. The van der Waals surface area contributed by atoms with Crippen molar-refractivity contribution in [3.05, 3.63) is 142 Å². The van der Waals surface area contributed by atoms with Gasteiger partial charge in [0.2, 0.25) is 0 Å². The molecule has 2 nitrogen and oxygen atoms in total. The molecule has 1 aliphatic heterocycles. The van der Waals surface area contributed by atoms with Crippen LogP contribution in [0.15, 0.2) is 121 Å². The topological polar surface area (TPSA) is 12.2 Å². The summed E-state index contributed by atoms with van der Waals surface area (Å²) in [5, 5.41) is 1.40. The van der Waals surface area contributed by atoms with Gasteiger partial charge in [0.25, 0.3) is 0 Å². The highest BCUT2D eigenvalue weighted by Crippen LogP contribution is 2.32. The summed E-state index contributed by atoms with van der Waals surface area (Å²) < 4.78 is 8.27. The Labute approximate surface area is 205 Å². The maximum Gasteiger partial charge on any atom is 0.199 e. The second-order valence-corrected chi connectivity index (χ2v) is 8.70. The Kier molecular flexibility index (Phi) is 7.29. The number of nitrogens with zero attached hydrogens (tertiary/aromatic N) is 1. The minimum Gasteiger partial charge on any atom is -0.457 e. The van der Waals surface area contributed by atoms with Crippen LogP contribution < -0.4 is 0 Å². The maximum atomic E-state index is 6.19. The lowest BCUT2D eigenvalue weighted by molar-refractivity contribution is -0.462. The SMILES string of the molecule is C[N+](C)=C1C=CC(=C/C=C/C=C2\C=C(c3ccc(Cl)cc3)C=C(c3ccc(Cl)cc3)O2)C=C1. The molecule has 4 heteroatoms. The van der Waals surface area contributed by atoms with E-state index in [1.807, 2.05) is 93.0 Å². The van der Waals surface area contributed by atoms with E-state index >= 15 is 0 Å². The van der Waals surface area contributed by atoms with Crippen molar-refractivity contribution in [3.8, 4) is 0 Å². The molecule has 4 rings (SSSR count). The van der Waals surface area contributed by atoms with E-state index in [-0.39, 0.29) is 0 Å². The van der Waals surface area contributed by atoms with Crippen LogP contribution in [-0.2, 0) is 4.74 Å². The van der Waals surface area contributed by atoms with E-state index in [1.54, 1.807) is 0 Å². The number of rotatable bonds is 4. The first kappa shape index (κ1) is 22.8. The molecule has 0 saturated carbocycles. The van der Waals surface area contributed by atoms with Crippen LogP contribution in [0.3, 0.4) is 0 Å². The fraction of sp³-hybridized carbons (Fsp3) is 0.0690. The van der Waals surface area contributed by atoms with Crippen LogP contribution in [0.1, 0.15) is 11.1 Å². The summed E-state index contributed by atoms with van der Waals surface area (Å²) in [5.41, 5.74) is 5.39. The summed E-state index contributed by atoms with van der Waals surface area (Å²) in [4.78, 5) is 0. The molecule has 0 unspecified atom stereocenters. The standard InChI is InChI=1S/C29H24Cl2NO/c1-32(2)27-17-7-21(8-18-27)5-3-4-6-28-19-24(22-9-13-25(30)14-10-22)20-29(33-28)23-11-15-26(31)16-12-23/h3-20H,1-2H3/q+1/b4-3+,28-6+. The van der Waals surface area contributed by atoms with Crippen LogP contribution in [0, 0.1) is 0 Å². The van der Waals surface area contributed by atoms with Gasteiger partial charge in [0, 0.05) is 27.8 Å². The maximum absolute atomic E-state index is 6.19. The van der Waals surface area contributed by atoms with Gasteiger partial charge >= 0.3 is 0 Å². The van der Waals surface area contributed by atoms with Gasteiger partial charge in [0.1, 0.15) is 25.6 Å². The molecule has 2 aromatic carbocycles. The fourth-order valence-corrected chi connectivity index (χ4v) is 3.62. The van der Waals surface area contributed by atoms with E-state index in [1.165, 1.54) is 5.71 Å². The summed E-state index contributed by atoms with van der Waals surface area (Å²) >= 11 is 12.1. The highest BCUT2D eigenvalue weighted by Gasteiger charge is 2.14. The Morgan fingerprint density at radius 3 is 1.88 bits per heavy atom. The van der Waals surface area contributed by atoms with Crippen molar-refractivity contribution in [1.29, 1.82) is 0 Å².